The fourth-order valence-electron chi connectivity index (χ4n) is 3.94. The van der Waals surface area contributed by atoms with Crippen molar-refractivity contribution in [2.45, 2.75) is 45.1 Å². The minimum Gasteiger partial charge on any atom is -0.369 e. The van der Waals surface area contributed by atoms with E-state index in [0.717, 1.165) is 30.8 Å². The number of rotatable bonds is 6. The lowest BCUT2D eigenvalue weighted by Gasteiger charge is -2.35. The standard InChI is InChI=1S/C20H27N5/c1-2-3-4-9-21-15-6-5-12-25(14-15)18-8-11-22-17-13-24-20-16(19(17)18)7-10-23-20/h7-8,10-11,13,15,21H,2-6,9,12,14H2,1H3,(H,23,24). The molecule has 2 N–H and O–H groups in total. The Kier molecular flexibility index (Phi) is 4.83. The monoisotopic (exact) mass is 337 g/mol. The molecule has 5 nitrogen and oxygen atoms in total. The molecule has 25 heavy (non-hydrogen) atoms. The Labute approximate surface area is 148 Å². The van der Waals surface area contributed by atoms with Crippen molar-refractivity contribution >= 4 is 27.6 Å². The van der Waals surface area contributed by atoms with Crippen LogP contribution in [0.4, 0.5) is 5.69 Å². The molecule has 3 aromatic rings. The van der Waals surface area contributed by atoms with Gasteiger partial charge in [0.1, 0.15) is 5.65 Å². The maximum Gasteiger partial charge on any atom is 0.138 e. The number of nitrogens with one attached hydrogen (secondary N) is 2. The van der Waals surface area contributed by atoms with Crippen molar-refractivity contribution in [3.63, 3.8) is 0 Å². The molecular weight excluding hydrogens is 310 g/mol. The summed E-state index contributed by atoms with van der Waals surface area (Å²) in [6, 6.07) is 4.85. The average Bonchev–Trinajstić information content (AvgIpc) is 3.14. The Morgan fingerprint density at radius 2 is 2.24 bits per heavy atom. The van der Waals surface area contributed by atoms with E-state index in [1.807, 2.05) is 18.6 Å². The molecule has 1 atom stereocenters. The minimum atomic E-state index is 0.581. The van der Waals surface area contributed by atoms with Gasteiger partial charge in [-0.1, -0.05) is 19.8 Å². The highest BCUT2D eigenvalue weighted by Crippen LogP contribution is 2.32. The largest absolute Gasteiger partial charge is 0.369 e. The van der Waals surface area contributed by atoms with Crippen LogP contribution in [0.3, 0.4) is 0 Å². The Morgan fingerprint density at radius 1 is 1.28 bits per heavy atom. The van der Waals surface area contributed by atoms with Crippen LogP contribution in [0.1, 0.15) is 39.0 Å². The highest BCUT2D eigenvalue weighted by Gasteiger charge is 2.22. The van der Waals surface area contributed by atoms with E-state index in [1.165, 1.54) is 48.6 Å². The lowest BCUT2D eigenvalue weighted by Crippen LogP contribution is -2.46. The van der Waals surface area contributed by atoms with Crippen LogP contribution < -0.4 is 10.2 Å². The summed E-state index contributed by atoms with van der Waals surface area (Å²) < 4.78 is 0. The van der Waals surface area contributed by atoms with E-state index < -0.39 is 0 Å². The molecule has 0 spiro atoms. The summed E-state index contributed by atoms with van der Waals surface area (Å²) in [5.74, 6) is 0. The molecule has 3 aromatic heterocycles. The first-order valence-electron chi connectivity index (χ1n) is 9.56. The van der Waals surface area contributed by atoms with Gasteiger partial charge in [0.05, 0.1) is 11.7 Å². The molecule has 1 aliphatic heterocycles. The van der Waals surface area contributed by atoms with E-state index in [2.05, 4.69) is 44.2 Å². The summed E-state index contributed by atoms with van der Waals surface area (Å²) in [7, 11) is 0. The number of hydrogen-bond donors (Lipinski definition) is 2. The van der Waals surface area contributed by atoms with Crippen molar-refractivity contribution < 1.29 is 0 Å². The number of hydrogen-bond acceptors (Lipinski definition) is 4. The second-order valence-electron chi connectivity index (χ2n) is 7.03. The molecule has 132 valence electrons. The van der Waals surface area contributed by atoms with Crippen LogP contribution in [0.5, 0.6) is 0 Å². The molecule has 0 radical (unpaired) electrons. The third-order valence-electron chi connectivity index (χ3n) is 5.24. The maximum absolute atomic E-state index is 4.54. The SMILES string of the molecule is CCCCCNC1CCCN(c2ccnc3cnc4[nH]ccc4c23)C1. The molecular formula is C20H27N5. The van der Waals surface area contributed by atoms with Gasteiger partial charge in [0.15, 0.2) is 0 Å². The van der Waals surface area contributed by atoms with Gasteiger partial charge in [-0.25, -0.2) is 4.98 Å². The van der Waals surface area contributed by atoms with E-state index in [1.54, 1.807) is 0 Å². The Balaban J connectivity index is 1.59. The molecule has 1 aliphatic rings. The lowest BCUT2D eigenvalue weighted by atomic mass is 10.0. The highest BCUT2D eigenvalue weighted by atomic mass is 15.2. The number of fused-ring (bicyclic) bond motifs is 3. The smallest absolute Gasteiger partial charge is 0.138 e. The van der Waals surface area contributed by atoms with Gasteiger partial charge in [-0.15, -0.1) is 0 Å². The summed E-state index contributed by atoms with van der Waals surface area (Å²) in [5, 5.41) is 6.15. The Bertz CT molecular complexity index is 840. The van der Waals surface area contributed by atoms with E-state index in [4.69, 9.17) is 0 Å². The van der Waals surface area contributed by atoms with Crippen molar-refractivity contribution in [1.29, 1.82) is 0 Å². The number of anilines is 1. The third-order valence-corrected chi connectivity index (χ3v) is 5.24. The van der Waals surface area contributed by atoms with E-state index in [-0.39, 0.29) is 0 Å². The quantitative estimate of drug-likeness (QED) is 0.671. The first kappa shape index (κ1) is 16.3. The number of unbranched alkanes of at least 4 members (excludes halogenated alkanes) is 2. The molecule has 1 saturated heterocycles. The van der Waals surface area contributed by atoms with Gasteiger partial charge in [-0.3, -0.25) is 4.98 Å². The first-order valence-corrected chi connectivity index (χ1v) is 9.56. The summed E-state index contributed by atoms with van der Waals surface area (Å²) >= 11 is 0. The van der Waals surface area contributed by atoms with Crippen LogP contribution in [-0.4, -0.2) is 40.6 Å². The number of nitrogens with zero attached hydrogens (tertiary/aromatic N) is 3. The second-order valence-corrected chi connectivity index (χ2v) is 7.03. The predicted molar refractivity (Wildman–Crippen MR) is 104 cm³/mol. The van der Waals surface area contributed by atoms with Gasteiger partial charge in [0.2, 0.25) is 0 Å². The molecule has 5 heteroatoms. The van der Waals surface area contributed by atoms with Crippen molar-refractivity contribution in [1.82, 2.24) is 20.3 Å². The third kappa shape index (κ3) is 3.33. The number of piperidine rings is 1. The van der Waals surface area contributed by atoms with Crippen LogP contribution in [0.15, 0.2) is 30.7 Å². The zero-order valence-corrected chi connectivity index (χ0v) is 15.0. The molecule has 1 fully saturated rings. The van der Waals surface area contributed by atoms with Crippen LogP contribution >= 0.6 is 0 Å². The van der Waals surface area contributed by atoms with Crippen LogP contribution in [0.25, 0.3) is 21.9 Å². The molecule has 4 heterocycles. The first-order chi connectivity index (χ1) is 12.4. The van der Waals surface area contributed by atoms with Crippen molar-refractivity contribution in [2.24, 2.45) is 0 Å². The van der Waals surface area contributed by atoms with Gasteiger partial charge < -0.3 is 15.2 Å². The van der Waals surface area contributed by atoms with Gasteiger partial charge >= 0.3 is 0 Å². The number of pyridine rings is 2. The lowest BCUT2D eigenvalue weighted by molar-refractivity contribution is 0.418. The molecule has 0 bridgehead atoms. The van der Waals surface area contributed by atoms with Gasteiger partial charge in [-0.2, -0.15) is 0 Å². The van der Waals surface area contributed by atoms with Gasteiger partial charge in [0.25, 0.3) is 0 Å². The molecule has 1 unspecified atom stereocenters. The van der Waals surface area contributed by atoms with Crippen LogP contribution in [-0.2, 0) is 0 Å². The predicted octanol–water partition coefficient (Wildman–Crippen LogP) is 3.86. The fraction of sp³-hybridized carbons (Fsp3) is 0.500. The van der Waals surface area contributed by atoms with Crippen molar-refractivity contribution in [3.8, 4) is 0 Å². The molecule has 0 amide bonds. The molecule has 0 saturated carbocycles. The summed E-state index contributed by atoms with van der Waals surface area (Å²) in [6.45, 7) is 5.57. The number of H-pyrrole nitrogens is 1. The molecule has 0 aliphatic carbocycles. The van der Waals surface area contributed by atoms with E-state index in [9.17, 15) is 0 Å². The summed E-state index contributed by atoms with van der Waals surface area (Å²) in [5.41, 5.74) is 3.20. The topological polar surface area (TPSA) is 56.8 Å². The van der Waals surface area contributed by atoms with E-state index in [0.29, 0.717) is 6.04 Å². The van der Waals surface area contributed by atoms with Gasteiger partial charge in [-0.05, 0) is 37.9 Å². The van der Waals surface area contributed by atoms with Crippen LogP contribution in [0, 0.1) is 0 Å². The van der Waals surface area contributed by atoms with Crippen molar-refractivity contribution in [3.05, 3.63) is 30.7 Å². The van der Waals surface area contributed by atoms with E-state index >= 15 is 0 Å². The van der Waals surface area contributed by atoms with Crippen LogP contribution in [0.2, 0.25) is 0 Å². The molecule has 4 rings (SSSR count). The fourth-order valence-corrected chi connectivity index (χ4v) is 3.94. The Morgan fingerprint density at radius 3 is 3.16 bits per heavy atom. The van der Waals surface area contributed by atoms with Gasteiger partial charge in [0, 0.05) is 48.0 Å². The number of aromatic nitrogens is 3. The zero-order chi connectivity index (χ0) is 17.1. The summed E-state index contributed by atoms with van der Waals surface area (Å²) in [4.78, 5) is 14.8. The Hall–Kier alpha value is -2.14. The summed E-state index contributed by atoms with van der Waals surface area (Å²) in [6.07, 6.45) is 12.1. The van der Waals surface area contributed by atoms with Crippen molar-refractivity contribution in [2.75, 3.05) is 24.5 Å². The highest BCUT2D eigenvalue weighted by molar-refractivity contribution is 6.09. The maximum atomic E-state index is 4.54. The number of aromatic amines is 1. The average molecular weight is 337 g/mol. The normalized spacial score (nSPS) is 18.3. The minimum absolute atomic E-state index is 0.581. The molecule has 0 aromatic carbocycles. The zero-order valence-electron chi connectivity index (χ0n) is 15.0. The second kappa shape index (κ2) is 7.40.